The Balaban J connectivity index is 1.59. The van der Waals surface area contributed by atoms with Crippen LogP contribution in [0, 0.1) is 11.8 Å². The Kier molecular flexibility index (Phi) is 7.18. The lowest BCUT2D eigenvalue weighted by Gasteiger charge is -2.39. The highest BCUT2D eigenvalue weighted by molar-refractivity contribution is 6.13. The third-order valence-electron chi connectivity index (χ3n) is 12.2. The summed E-state index contributed by atoms with van der Waals surface area (Å²) in [7, 11) is 0. The van der Waals surface area contributed by atoms with E-state index < -0.39 is 0 Å². The van der Waals surface area contributed by atoms with Crippen molar-refractivity contribution in [1.29, 1.82) is 0 Å². The molecule has 5 aromatic rings. The predicted molar refractivity (Wildman–Crippen MR) is 203 cm³/mol. The zero-order valence-electron chi connectivity index (χ0n) is 29.5. The monoisotopic (exact) mass is 614 g/mol. The van der Waals surface area contributed by atoms with Crippen LogP contribution in [0.25, 0.3) is 32.7 Å². The summed E-state index contributed by atoms with van der Waals surface area (Å²) >= 11 is 0. The second kappa shape index (κ2) is 11.1. The van der Waals surface area contributed by atoms with Gasteiger partial charge >= 0.3 is 0 Å². The van der Waals surface area contributed by atoms with Gasteiger partial charge in [0.2, 0.25) is 0 Å². The van der Waals surface area contributed by atoms with E-state index in [9.17, 15) is 0 Å². The fourth-order valence-electron chi connectivity index (χ4n) is 10.0. The topological polar surface area (TPSA) is 0 Å². The van der Waals surface area contributed by atoms with Crippen LogP contribution in [0.3, 0.4) is 0 Å². The molecule has 0 nitrogen and oxygen atoms in total. The van der Waals surface area contributed by atoms with E-state index in [-0.39, 0.29) is 16.7 Å². The molecule has 0 bridgehead atoms. The fraction of sp³-hybridized carbons (Fsp3) is 0.362. The lowest BCUT2D eigenvalue weighted by molar-refractivity contribution is 0.491. The molecule has 0 N–H and O–H groups in total. The molecule has 0 saturated heterocycles. The van der Waals surface area contributed by atoms with Gasteiger partial charge in [-0.1, -0.05) is 145 Å². The summed E-state index contributed by atoms with van der Waals surface area (Å²) in [4.78, 5) is 0. The first-order chi connectivity index (χ1) is 22.8. The SMILES string of the molecule is CCC(CC)C1=CC2(CC(C(CC)CC)=C1)c1ccc3cccc4c3c1-c1c(cc3c(C(C)(C)C)cccc3c12)C4c1ccccc1. The maximum absolute atomic E-state index is 2.78. The number of fused-ring (bicyclic) bond motifs is 4. The van der Waals surface area contributed by atoms with Crippen LogP contribution in [-0.2, 0) is 10.8 Å². The Hall–Kier alpha value is -3.90. The summed E-state index contributed by atoms with van der Waals surface area (Å²) in [5, 5.41) is 5.74. The average molecular weight is 615 g/mol. The average Bonchev–Trinajstić information content (AvgIpc) is 3.35. The number of hydrogen-bond acceptors (Lipinski definition) is 0. The van der Waals surface area contributed by atoms with Crippen LogP contribution < -0.4 is 0 Å². The molecule has 0 heterocycles. The summed E-state index contributed by atoms with van der Waals surface area (Å²) < 4.78 is 0. The van der Waals surface area contributed by atoms with E-state index >= 15 is 0 Å². The zero-order valence-corrected chi connectivity index (χ0v) is 29.5. The minimum Gasteiger partial charge on any atom is -0.0657 e. The van der Waals surface area contributed by atoms with Crippen molar-refractivity contribution >= 4 is 21.5 Å². The second-order valence-corrected chi connectivity index (χ2v) is 15.7. The molecule has 3 aliphatic rings. The van der Waals surface area contributed by atoms with Crippen LogP contribution in [0.4, 0.5) is 0 Å². The molecule has 3 aliphatic carbocycles. The lowest BCUT2D eigenvalue weighted by Crippen LogP contribution is -2.29. The quantitative estimate of drug-likeness (QED) is 0.168. The fourth-order valence-corrected chi connectivity index (χ4v) is 10.0. The lowest BCUT2D eigenvalue weighted by atomic mass is 9.64. The molecule has 0 fully saturated rings. The molecule has 238 valence electrons. The molecular formula is C47H50. The van der Waals surface area contributed by atoms with E-state index in [1.165, 1.54) is 86.2 Å². The van der Waals surface area contributed by atoms with Crippen molar-refractivity contribution < 1.29 is 0 Å². The van der Waals surface area contributed by atoms with E-state index in [0.717, 1.165) is 6.42 Å². The molecule has 5 aromatic carbocycles. The van der Waals surface area contributed by atoms with Crippen LogP contribution in [0.2, 0.25) is 0 Å². The van der Waals surface area contributed by atoms with E-state index in [1.54, 1.807) is 16.7 Å². The van der Waals surface area contributed by atoms with E-state index in [1.807, 2.05) is 0 Å². The Morgan fingerprint density at radius 3 is 2.13 bits per heavy atom. The molecule has 0 amide bonds. The molecule has 0 heteroatoms. The molecule has 0 aliphatic heterocycles. The molecule has 47 heavy (non-hydrogen) atoms. The second-order valence-electron chi connectivity index (χ2n) is 15.7. The third kappa shape index (κ3) is 4.33. The van der Waals surface area contributed by atoms with Crippen LogP contribution >= 0.6 is 0 Å². The van der Waals surface area contributed by atoms with Crippen molar-refractivity contribution in [2.75, 3.05) is 0 Å². The molecule has 0 saturated carbocycles. The van der Waals surface area contributed by atoms with Crippen LogP contribution in [0.5, 0.6) is 0 Å². The normalized spacial score (nSPS) is 19.7. The molecule has 1 spiro atoms. The van der Waals surface area contributed by atoms with Crippen LogP contribution in [0.1, 0.15) is 120 Å². The van der Waals surface area contributed by atoms with Gasteiger partial charge in [0, 0.05) is 11.3 Å². The Morgan fingerprint density at radius 1 is 0.702 bits per heavy atom. The summed E-state index contributed by atoms with van der Waals surface area (Å²) in [6.45, 7) is 16.7. The van der Waals surface area contributed by atoms with Gasteiger partial charge < -0.3 is 0 Å². The third-order valence-corrected chi connectivity index (χ3v) is 12.2. The summed E-state index contributed by atoms with van der Waals surface area (Å²) in [6.07, 6.45) is 11.3. The van der Waals surface area contributed by atoms with E-state index in [2.05, 4.69) is 146 Å². The van der Waals surface area contributed by atoms with Crippen molar-refractivity contribution in [3.05, 3.63) is 142 Å². The summed E-state index contributed by atoms with van der Waals surface area (Å²) in [6, 6.07) is 33.2. The van der Waals surface area contributed by atoms with Gasteiger partial charge in [-0.25, -0.2) is 0 Å². The first kappa shape index (κ1) is 30.4. The highest BCUT2D eigenvalue weighted by Gasteiger charge is 2.50. The predicted octanol–water partition coefficient (Wildman–Crippen LogP) is 13.2. The Morgan fingerprint density at radius 2 is 1.43 bits per heavy atom. The number of benzene rings is 5. The molecule has 0 aromatic heterocycles. The largest absolute Gasteiger partial charge is 0.0657 e. The van der Waals surface area contributed by atoms with Crippen LogP contribution in [-0.4, -0.2) is 0 Å². The number of hydrogen-bond donors (Lipinski definition) is 0. The van der Waals surface area contributed by atoms with E-state index in [0.29, 0.717) is 11.8 Å². The van der Waals surface area contributed by atoms with Gasteiger partial charge in [0.05, 0.1) is 0 Å². The maximum Gasteiger partial charge on any atom is 0.0443 e. The number of allylic oxidation sites excluding steroid dienone is 4. The maximum atomic E-state index is 2.78. The first-order valence-electron chi connectivity index (χ1n) is 18.4. The van der Waals surface area contributed by atoms with Crippen molar-refractivity contribution in [2.45, 2.75) is 97.3 Å². The smallest absolute Gasteiger partial charge is 0.0443 e. The van der Waals surface area contributed by atoms with Gasteiger partial charge in [0.15, 0.2) is 0 Å². The van der Waals surface area contributed by atoms with Gasteiger partial charge in [-0.15, -0.1) is 0 Å². The van der Waals surface area contributed by atoms with Gasteiger partial charge in [-0.2, -0.15) is 0 Å². The van der Waals surface area contributed by atoms with Crippen molar-refractivity contribution in [2.24, 2.45) is 11.8 Å². The van der Waals surface area contributed by atoms with Crippen LogP contribution in [0.15, 0.2) is 108 Å². The van der Waals surface area contributed by atoms with Crippen molar-refractivity contribution in [3.8, 4) is 11.1 Å². The minimum absolute atomic E-state index is 0.0326. The Bertz CT molecular complexity index is 2090. The summed E-state index contributed by atoms with van der Waals surface area (Å²) in [5.41, 5.74) is 15.0. The van der Waals surface area contributed by atoms with Crippen molar-refractivity contribution in [1.82, 2.24) is 0 Å². The standard InChI is InChI=1S/C47H50/c1-8-29(9-2)33-25-34(30(10-3)11-4)28-47(27-33)40-24-23-32-19-15-21-36-41(31-17-13-12-14-18-31)38-26-37-35(20-16-22-39(37)46(5,6)7)45(47)43(38)44(40)42(32)36/h12-27,29-30,41H,8-11,28H2,1-7H3. The van der Waals surface area contributed by atoms with Crippen molar-refractivity contribution in [3.63, 3.8) is 0 Å². The van der Waals surface area contributed by atoms with Gasteiger partial charge in [0.25, 0.3) is 0 Å². The highest BCUT2D eigenvalue weighted by atomic mass is 14.5. The molecule has 2 unspecified atom stereocenters. The Labute approximate surface area is 282 Å². The highest BCUT2D eigenvalue weighted by Crippen LogP contribution is 2.64. The van der Waals surface area contributed by atoms with Gasteiger partial charge in [-0.05, 0) is 127 Å². The molecule has 2 atom stereocenters. The first-order valence-corrected chi connectivity index (χ1v) is 18.4. The van der Waals surface area contributed by atoms with E-state index in [4.69, 9.17) is 0 Å². The molecular weight excluding hydrogens is 565 g/mol. The molecule has 8 rings (SSSR count). The van der Waals surface area contributed by atoms with Gasteiger partial charge in [0.1, 0.15) is 0 Å². The molecule has 0 radical (unpaired) electrons. The van der Waals surface area contributed by atoms with Gasteiger partial charge in [-0.3, -0.25) is 0 Å². The zero-order chi connectivity index (χ0) is 32.7. The summed E-state index contributed by atoms with van der Waals surface area (Å²) in [5.74, 6) is 1.38. The number of rotatable bonds is 7. The minimum atomic E-state index is -0.188.